The molecule has 1 N–H and O–H groups in total. The first kappa shape index (κ1) is 15.3. The Hall–Kier alpha value is -1.55. The maximum absolute atomic E-state index is 12.6. The lowest BCUT2D eigenvalue weighted by molar-refractivity contribution is -0.130. The van der Waals surface area contributed by atoms with Crippen molar-refractivity contribution in [1.29, 1.82) is 0 Å². The third-order valence-corrected chi connectivity index (χ3v) is 4.50. The minimum atomic E-state index is 0.151. The topological polar surface area (TPSA) is 41.6 Å². The van der Waals surface area contributed by atoms with Crippen molar-refractivity contribution in [2.24, 2.45) is 0 Å². The summed E-state index contributed by atoms with van der Waals surface area (Å²) in [7, 11) is 0. The molecule has 4 nitrogen and oxygen atoms in total. The first-order valence-corrected chi connectivity index (χ1v) is 8.39. The van der Waals surface area contributed by atoms with Crippen LogP contribution in [0.25, 0.3) is 0 Å². The van der Waals surface area contributed by atoms with E-state index in [0.717, 1.165) is 30.8 Å². The van der Waals surface area contributed by atoms with Gasteiger partial charge in [-0.15, -0.1) is 0 Å². The highest BCUT2D eigenvalue weighted by Gasteiger charge is 2.30. The number of nitrogens with zero attached hydrogens (tertiary/aromatic N) is 1. The summed E-state index contributed by atoms with van der Waals surface area (Å²) >= 11 is 0. The number of carbonyl (C=O) groups excluding carboxylic acids is 1. The Kier molecular flexibility index (Phi) is 4.67. The fraction of sp³-hybridized carbons (Fsp3) is 0.611. The molecular formula is C18H26N2O2. The normalized spacial score (nSPS) is 24.4. The van der Waals surface area contributed by atoms with Crippen LogP contribution in [0.1, 0.15) is 38.7 Å². The number of fused-ring (bicyclic) bond motifs is 2. The molecule has 2 bridgehead atoms. The Morgan fingerprint density at radius 1 is 1.32 bits per heavy atom. The van der Waals surface area contributed by atoms with Crippen LogP contribution in [0.2, 0.25) is 0 Å². The van der Waals surface area contributed by atoms with Gasteiger partial charge in [0, 0.05) is 25.2 Å². The smallest absolute Gasteiger partial charge is 0.227 e. The van der Waals surface area contributed by atoms with Gasteiger partial charge in [-0.1, -0.05) is 12.1 Å². The average molecular weight is 302 g/mol. The Balaban J connectivity index is 1.61. The van der Waals surface area contributed by atoms with E-state index in [-0.39, 0.29) is 12.0 Å². The quantitative estimate of drug-likeness (QED) is 0.928. The Bertz CT molecular complexity index is 530. The van der Waals surface area contributed by atoms with Crippen molar-refractivity contribution >= 4 is 5.91 Å². The van der Waals surface area contributed by atoms with Crippen LogP contribution < -0.4 is 10.1 Å². The molecule has 2 saturated heterocycles. The van der Waals surface area contributed by atoms with Gasteiger partial charge >= 0.3 is 0 Å². The van der Waals surface area contributed by atoms with Crippen molar-refractivity contribution < 1.29 is 9.53 Å². The van der Waals surface area contributed by atoms with Gasteiger partial charge in [-0.25, -0.2) is 0 Å². The monoisotopic (exact) mass is 302 g/mol. The third-order valence-electron chi connectivity index (χ3n) is 4.50. The second-order valence-electron chi connectivity index (χ2n) is 6.76. The van der Waals surface area contributed by atoms with Gasteiger partial charge in [-0.3, -0.25) is 4.79 Å². The fourth-order valence-corrected chi connectivity index (χ4v) is 3.46. The molecule has 0 spiro atoms. The molecular weight excluding hydrogens is 276 g/mol. The van der Waals surface area contributed by atoms with E-state index in [1.165, 1.54) is 12.8 Å². The van der Waals surface area contributed by atoms with E-state index in [1.54, 1.807) is 0 Å². The number of benzene rings is 1. The van der Waals surface area contributed by atoms with Crippen LogP contribution in [0.4, 0.5) is 0 Å². The molecule has 4 heteroatoms. The van der Waals surface area contributed by atoms with E-state index < -0.39 is 0 Å². The zero-order chi connectivity index (χ0) is 15.5. The SMILES string of the molecule is CC(C)Oc1cccc(CC(=O)N2CCC3CCC(C2)N3)c1. The van der Waals surface area contributed by atoms with E-state index in [9.17, 15) is 4.79 Å². The standard InChI is InChI=1S/C18H26N2O2/c1-13(2)22-17-5-3-4-14(10-17)11-18(21)20-9-8-15-6-7-16(12-20)19-15/h3-5,10,13,15-16,19H,6-9,11-12H2,1-2H3. The van der Waals surface area contributed by atoms with E-state index >= 15 is 0 Å². The van der Waals surface area contributed by atoms with Gasteiger partial charge in [0.15, 0.2) is 0 Å². The highest BCUT2D eigenvalue weighted by atomic mass is 16.5. The largest absolute Gasteiger partial charge is 0.491 e. The summed E-state index contributed by atoms with van der Waals surface area (Å²) in [6, 6.07) is 9.01. The molecule has 1 aromatic carbocycles. The molecule has 2 aliphatic heterocycles. The molecule has 1 aromatic rings. The zero-order valence-electron chi connectivity index (χ0n) is 13.5. The number of carbonyl (C=O) groups is 1. The van der Waals surface area contributed by atoms with Crippen LogP contribution in [0, 0.1) is 0 Å². The van der Waals surface area contributed by atoms with Crippen molar-refractivity contribution in [1.82, 2.24) is 10.2 Å². The van der Waals surface area contributed by atoms with Crippen LogP contribution in [-0.4, -0.2) is 42.1 Å². The predicted octanol–water partition coefficient (Wildman–Crippen LogP) is 2.37. The molecule has 2 atom stereocenters. The van der Waals surface area contributed by atoms with E-state index in [4.69, 9.17) is 4.74 Å². The van der Waals surface area contributed by atoms with Crippen molar-refractivity contribution in [3.63, 3.8) is 0 Å². The van der Waals surface area contributed by atoms with Gasteiger partial charge in [0.05, 0.1) is 12.5 Å². The molecule has 0 saturated carbocycles. The van der Waals surface area contributed by atoms with Gasteiger partial charge in [0.2, 0.25) is 5.91 Å². The molecule has 1 amide bonds. The van der Waals surface area contributed by atoms with Crippen LogP contribution in [0.3, 0.4) is 0 Å². The molecule has 120 valence electrons. The number of hydrogen-bond acceptors (Lipinski definition) is 3. The number of ether oxygens (including phenoxy) is 1. The highest BCUT2D eigenvalue weighted by Crippen LogP contribution is 2.21. The first-order chi connectivity index (χ1) is 10.6. The van der Waals surface area contributed by atoms with E-state index in [0.29, 0.717) is 18.5 Å². The van der Waals surface area contributed by atoms with Crippen molar-refractivity contribution in [3.8, 4) is 5.75 Å². The van der Waals surface area contributed by atoms with Gasteiger partial charge in [-0.05, 0) is 50.8 Å². The first-order valence-electron chi connectivity index (χ1n) is 8.39. The molecule has 2 fully saturated rings. The Morgan fingerprint density at radius 3 is 2.95 bits per heavy atom. The summed E-state index contributed by atoms with van der Waals surface area (Å²) in [5.41, 5.74) is 1.03. The maximum atomic E-state index is 12.6. The van der Waals surface area contributed by atoms with E-state index in [2.05, 4.69) is 5.32 Å². The molecule has 0 aliphatic carbocycles. The van der Waals surface area contributed by atoms with Gasteiger partial charge in [-0.2, -0.15) is 0 Å². The molecule has 2 unspecified atom stereocenters. The summed E-state index contributed by atoms with van der Waals surface area (Å²) in [6.07, 6.45) is 4.16. The highest BCUT2D eigenvalue weighted by molar-refractivity contribution is 5.79. The molecule has 0 radical (unpaired) electrons. The Morgan fingerprint density at radius 2 is 2.14 bits per heavy atom. The van der Waals surface area contributed by atoms with Gasteiger partial charge in [0.1, 0.15) is 5.75 Å². The van der Waals surface area contributed by atoms with Crippen LogP contribution in [0.15, 0.2) is 24.3 Å². The Labute approximate surface area is 132 Å². The zero-order valence-corrected chi connectivity index (χ0v) is 13.5. The fourth-order valence-electron chi connectivity index (χ4n) is 3.46. The van der Waals surface area contributed by atoms with Gasteiger partial charge in [0.25, 0.3) is 0 Å². The molecule has 2 heterocycles. The third kappa shape index (κ3) is 3.80. The number of nitrogens with one attached hydrogen (secondary N) is 1. The van der Waals surface area contributed by atoms with Crippen molar-refractivity contribution in [3.05, 3.63) is 29.8 Å². The summed E-state index contributed by atoms with van der Waals surface area (Å²) < 4.78 is 5.71. The number of rotatable bonds is 4. The van der Waals surface area contributed by atoms with Crippen LogP contribution in [0.5, 0.6) is 5.75 Å². The van der Waals surface area contributed by atoms with Crippen molar-refractivity contribution in [2.45, 2.75) is 57.7 Å². The van der Waals surface area contributed by atoms with Crippen molar-refractivity contribution in [2.75, 3.05) is 13.1 Å². The maximum Gasteiger partial charge on any atom is 0.227 e. The lowest BCUT2D eigenvalue weighted by Crippen LogP contribution is -2.39. The molecule has 2 aliphatic rings. The minimum Gasteiger partial charge on any atom is -0.491 e. The lowest BCUT2D eigenvalue weighted by atomic mass is 10.1. The summed E-state index contributed by atoms with van der Waals surface area (Å²) in [5, 5.41) is 3.62. The molecule has 3 rings (SSSR count). The molecule has 0 aromatic heterocycles. The van der Waals surface area contributed by atoms with Gasteiger partial charge < -0.3 is 15.0 Å². The van der Waals surface area contributed by atoms with E-state index in [1.807, 2.05) is 43.0 Å². The average Bonchev–Trinajstić information content (AvgIpc) is 2.77. The second-order valence-corrected chi connectivity index (χ2v) is 6.76. The predicted molar refractivity (Wildman–Crippen MR) is 87.1 cm³/mol. The van der Waals surface area contributed by atoms with Crippen LogP contribution in [-0.2, 0) is 11.2 Å². The molecule has 22 heavy (non-hydrogen) atoms. The second kappa shape index (κ2) is 6.69. The lowest BCUT2D eigenvalue weighted by Gasteiger charge is -2.24. The van der Waals surface area contributed by atoms with Crippen LogP contribution >= 0.6 is 0 Å². The summed E-state index contributed by atoms with van der Waals surface area (Å²) in [4.78, 5) is 14.6. The number of likely N-dealkylation sites (tertiary alicyclic amines) is 1. The number of hydrogen-bond donors (Lipinski definition) is 1. The summed E-state index contributed by atoms with van der Waals surface area (Å²) in [6.45, 7) is 5.76. The minimum absolute atomic E-state index is 0.151. The number of amides is 1. The summed E-state index contributed by atoms with van der Waals surface area (Å²) in [5.74, 6) is 1.08.